The molecule has 0 heterocycles. The summed E-state index contributed by atoms with van der Waals surface area (Å²) >= 11 is 0. The highest BCUT2D eigenvalue weighted by atomic mass is 16.5. The van der Waals surface area contributed by atoms with Crippen LogP contribution in [0.2, 0.25) is 0 Å². The summed E-state index contributed by atoms with van der Waals surface area (Å²) in [7, 11) is 1.33. The summed E-state index contributed by atoms with van der Waals surface area (Å²) in [4.78, 5) is 11.2. The first kappa shape index (κ1) is 22.3. The summed E-state index contributed by atoms with van der Waals surface area (Å²) in [6.45, 7) is 10.9. The molecule has 0 amide bonds. The predicted octanol–water partition coefficient (Wildman–Crippen LogP) is 1.75. The van der Waals surface area contributed by atoms with Gasteiger partial charge in [0.25, 0.3) is 0 Å². The molecule has 0 aromatic carbocycles. The summed E-state index contributed by atoms with van der Waals surface area (Å²) in [5.74, 6) is -0.334. The summed E-state index contributed by atoms with van der Waals surface area (Å²) < 4.78 is 4.60. The molecule has 8 nitrogen and oxygen atoms in total. The number of nitrogens with one attached hydrogen (secondary N) is 2. The molecule has 0 bridgehead atoms. The smallest absolute Gasteiger partial charge is 0.305 e. The van der Waals surface area contributed by atoms with Crippen LogP contribution in [-0.4, -0.2) is 59.1 Å². The van der Waals surface area contributed by atoms with Gasteiger partial charge in [-0.3, -0.25) is 4.79 Å². The van der Waals surface area contributed by atoms with Crippen molar-refractivity contribution in [2.45, 2.75) is 65.0 Å². The molecular weight excluding hydrogens is 312 g/mol. The lowest BCUT2D eigenvalue weighted by atomic mass is 9.94. The zero-order valence-corrected chi connectivity index (χ0v) is 15.6. The van der Waals surface area contributed by atoms with Crippen molar-refractivity contribution in [3.63, 3.8) is 0 Å². The van der Waals surface area contributed by atoms with Crippen LogP contribution in [0.4, 0.5) is 0 Å². The third kappa shape index (κ3) is 7.74. The zero-order valence-electron chi connectivity index (χ0n) is 15.6. The van der Waals surface area contributed by atoms with Crippen LogP contribution in [0.3, 0.4) is 0 Å². The molecule has 0 aliphatic carbocycles. The third-order valence-corrected chi connectivity index (χ3v) is 4.18. The molecule has 0 radical (unpaired) electrons. The van der Waals surface area contributed by atoms with Gasteiger partial charge >= 0.3 is 5.97 Å². The van der Waals surface area contributed by atoms with Gasteiger partial charge in [0.1, 0.15) is 0 Å². The highest BCUT2D eigenvalue weighted by molar-refractivity contribution is 5.94. The second-order valence-corrected chi connectivity index (χ2v) is 6.77. The van der Waals surface area contributed by atoms with Crippen molar-refractivity contribution in [2.75, 3.05) is 20.2 Å². The molecule has 0 fully saturated rings. The van der Waals surface area contributed by atoms with Gasteiger partial charge in [-0.15, -0.1) is 0 Å². The Morgan fingerprint density at radius 3 is 2.00 bits per heavy atom. The van der Waals surface area contributed by atoms with Gasteiger partial charge in [0.2, 0.25) is 0 Å². The summed E-state index contributed by atoms with van der Waals surface area (Å²) in [6.07, 6.45) is 1.35. The van der Waals surface area contributed by atoms with E-state index in [2.05, 4.69) is 25.7 Å². The molecule has 0 aromatic rings. The lowest BCUT2D eigenvalue weighted by Gasteiger charge is -2.28. The van der Waals surface area contributed by atoms with Gasteiger partial charge in [0, 0.05) is 6.42 Å². The maximum atomic E-state index is 11.2. The predicted molar refractivity (Wildman–Crippen MR) is 94.1 cm³/mol. The van der Waals surface area contributed by atoms with Gasteiger partial charge in [-0.2, -0.15) is 0 Å². The normalized spacial score (nSPS) is 13.9. The van der Waals surface area contributed by atoms with Crippen LogP contribution in [-0.2, 0) is 9.53 Å². The second kappa shape index (κ2) is 10.2. The SMILES string of the molecule is COC(=O)CC/C(=N\O)C(C)(C)NCCCNC(C)(C)/C(C)=N/O. The van der Waals surface area contributed by atoms with Gasteiger partial charge in [-0.05, 0) is 54.1 Å². The summed E-state index contributed by atoms with van der Waals surface area (Å²) in [5.41, 5.74) is 0.223. The third-order valence-electron chi connectivity index (χ3n) is 4.18. The van der Waals surface area contributed by atoms with E-state index in [1.165, 1.54) is 7.11 Å². The van der Waals surface area contributed by atoms with Crippen molar-refractivity contribution >= 4 is 17.4 Å². The van der Waals surface area contributed by atoms with E-state index < -0.39 is 5.54 Å². The fraction of sp³-hybridized carbons (Fsp3) is 0.812. The first-order valence-corrected chi connectivity index (χ1v) is 8.08. The molecule has 8 heteroatoms. The van der Waals surface area contributed by atoms with Crippen LogP contribution >= 0.6 is 0 Å². The number of carbonyl (C=O) groups excluding carboxylic acids is 1. The van der Waals surface area contributed by atoms with Crippen LogP contribution in [0.5, 0.6) is 0 Å². The molecule has 0 unspecified atom stereocenters. The molecule has 4 N–H and O–H groups in total. The maximum Gasteiger partial charge on any atom is 0.305 e. The van der Waals surface area contributed by atoms with Crippen molar-refractivity contribution in [2.24, 2.45) is 10.3 Å². The van der Waals surface area contributed by atoms with Crippen LogP contribution in [0.25, 0.3) is 0 Å². The molecule has 140 valence electrons. The van der Waals surface area contributed by atoms with Crippen molar-refractivity contribution in [3.8, 4) is 0 Å². The average Bonchev–Trinajstić information content (AvgIpc) is 2.53. The monoisotopic (exact) mass is 344 g/mol. The summed E-state index contributed by atoms with van der Waals surface area (Å²) in [6, 6.07) is 0. The van der Waals surface area contributed by atoms with Crippen molar-refractivity contribution in [1.29, 1.82) is 0 Å². The van der Waals surface area contributed by atoms with Crippen molar-refractivity contribution in [3.05, 3.63) is 0 Å². The molecule has 0 aliphatic rings. The molecular formula is C16H32N4O4. The Bertz CT molecular complexity index is 459. The molecule has 0 saturated carbocycles. The Labute approximate surface area is 144 Å². The first-order valence-electron chi connectivity index (χ1n) is 8.08. The number of carbonyl (C=O) groups is 1. The van der Waals surface area contributed by atoms with E-state index in [1.54, 1.807) is 6.92 Å². The van der Waals surface area contributed by atoms with E-state index in [-0.39, 0.29) is 17.9 Å². The van der Waals surface area contributed by atoms with Crippen molar-refractivity contribution in [1.82, 2.24) is 10.6 Å². The number of ether oxygens (including phenoxy) is 1. The number of methoxy groups -OCH3 is 1. The Kier molecular flexibility index (Phi) is 9.53. The minimum atomic E-state index is -0.527. The fourth-order valence-electron chi connectivity index (χ4n) is 2.06. The zero-order chi connectivity index (χ0) is 18.8. The van der Waals surface area contributed by atoms with Crippen molar-refractivity contribution < 1.29 is 19.9 Å². The Hall–Kier alpha value is -1.67. The van der Waals surface area contributed by atoms with Gasteiger partial charge in [0.05, 0.1) is 36.0 Å². The lowest BCUT2D eigenvalue weighted by molar-refractivity contribution is -0.140. The molecule has 0 rings (SSSR count). The van der Waals surface area contributed by atoms with E-state index >= 15 is 0 Å². The molecule has 0 atom stereocenters. The van der Waals surface area contributed by atoms with E-state index in [9.17, 15) is 10.0 Å². The Balaban J connectivity index is 4.30. The van der Waals surface area contributed by atoms with Gasteiger partial charge in [-0.1, -0.05) is 10.3 Å². The number of esters is 1. The van der Waals surface area contributed by atoms with E-state index in [4.69, 9.17) is 5.21 Å². The molecule has 0 spiro atoms. The first-order chi connectivity index (χ1) is 11.1. The molecule has 24 heavy (non-hydrogen) atoms. The number of rotatable bonds is 11. The van der Waals surface area contributed by atoms with Crippen LogP contribution in [0, 0.1) is 0 Å². The largest absolute Gasteiger partial charge is 0.469 e. The number of oxime groups is 2. The van der Waals surface area contributed by atoms with Crippen LogP contribution in [0.15, 0.2) is 10.3 Å². The summed E-state index contributed by atoms with van der Waals surface area (Å²) in [5, 5.41) is 31.2. The maximum absolute atomic E-state index is 11.2. The van der Waals surface area contributed by atoms with Gasteiger partial charge < -0.3 is 25.8 Å². The highest BCUT2D eigenvalue weighted by Gasteiger charge is 2.26. The van der Waals surface area contributed by atoms with Crippen LogP contribution in [0.1, 0.15) is 53.9 Å². The van der Waals surface area contributed by atoms with E-state index in [1.807, 2.05) is 27.7 Å². The minimum Gasteiger partial charge on any atom is -0.469 e. The quantitative estimate of drug-likeness (QED) is 0.149. The molecule has 0 aliphatic heterocycles. The van der Waals surface area contributed by atoms with E-state index in [0.717, 1.165) is 13.0 Å². The average molecular weight is 344 g/mol. The van der Waals surface area contributed by atoms with E-state index in [0.29, 0.717) is 24.4 Å². The number of hydrogen-bond donors (Lipinski definition) is 4. The minimum absolute atomic E-state index is 0.177. The van der Waals surface area contributed by atoms with Crippen LogP contribution < -0.4 is 10.6 Å². The Morgan fingerprint density at radius 1 is 1.00 bits per heavy atom. The highest BCUT2D eigenvalue weighted by Crippen LogP contribution is 2.11. The van der Waals surface area contributed by atoms with Gasteiger partial charge in [0.15, 0.2) is 0 Å². The topological polar surface area (TPSA) is 116 Å². The lowest BCUT2D eigenvalue weighted by Crippen LogP contribution is -2.49. The molecule has 0 aromatic heterocycles. The van der Waals surface area contributed by atoms with Gasteiger partial charge in [-0.25, -0.2) is 0 Å². The standard InChI is InChI=1S/C16H32N4O4/c1-12(19-22)15(2,3)17-10-7-11-18-16(4,5)13(20-23)8-9-14(21)24-6/h17-18,22-23H,7-11H2,1-6H3/b19-12+,20-13+. The Morgan fingerprint density at radius 2 is 1.54 bits per heavy atom. The molecule has 0 saturated heterocycles. The number of hydrogen-bond acceptors (Lipinski definition) is 8. The number of nitrogens with zero attached hydrogens (tertiary/aromatic N) is 2. The fourth-order valence-corrected chi connectivity index (χ4v) is 2.06. The second-order valence-electron chi connectivity index (χ2n) is 6.77.